The zero-order chi connectivity index (χ0) is 19.7. The molecule has 138 valence electrons. The molecule has 1 aromatic heterocycles. The number of nitro groups is 1. The van der Waals surface area contributed by atoms with Crippen molar-refractivity contribution in [3.05, 3.63) is 80.4 Å². The van der Waals surface area contributed by atoms with Gasteiger partial charge in [0.2, 0.25) is 5.55 Å². The van der Waals surface area contributed by atoms with Gasteiger partial charge in [-0.15, -0.1) is 0 Å². The Morgan fingerprint density at radius 1 is 1.19 bits per heavy atom. The third-order valence-electron chi connectivity index (χ3n) is 4.45. The van der Waals surface area contributed by atoms with E-state index in [1.54, 1.807) is 0 Å². The molecule has 0 saturated carbocycles. The summed E-state index contributed by atoms with van der Waals surface area (Å²) in [6.45, 7) is 5.82. The molecule has 3 rings (SSSR count). The van der Waals surface area contributed by atoms with Crippen molar-refractivity contribution in [1.29, 1.82) is 5.41 Å². The minimum atomic E-state index is -0.517. The third-order valence-corrected chi connectivity index (χ3v) is 4.45. The topological polar surface area (TPSA) is 109 Å². The maximum absolute atomic E-state index is 12.7. The van der Waals surface area contributed by atoms with Crippen molar-refractivity contribution in [3.63, 3.8) is 0 Å². The van der Waals surface area contributed by atoms with Crippen molar-refractivity contribution in [2.75, 3.05) is 0 Å². The van der Waals surface area contributed by atoms with Gasteiger partial charge in [-0.3, -0.25) is 20.3 Å². The molecule has 0 bridgehead atoms. The van der Waals surface area contributed by atoms with Gasteiger partial charge in [0.1, 0.15) is 11.1 Å². The Morgan fingerprint density at radius 2 is 1.93 bits per heavy atom. The Labute approximate surface area is 155 Å². The van der Waals surface area contributed by atoms with E-state index < -0.39 is 10.8 Å². The molecule has 1 amide bonds. The molecule has 7 nitrogen and oxygen atoms in total. The Kier molecular flexibility index (Phi) is 4.77. The second-order valence-corrected chi connectivity index (χ2v) is 6.52. The zero-order valence-corrected chi connectivity index (χ0v) is 15.2. The second-order valence-electron chi connectivity index (χ2n) is 6.52. The maximum atomic E-state index is 12.7. The van der Waals surface area contributed by atoms with E-state index in [9.17, 15) is 14.9 Å². The maximum Gasteiger partial charge on any atom is 0.270 e. The Balaban J connectivity index is 1.95. The van der Waals surface area contributed by atoms with Crippen molar-refractivity contribution >= 4 is 22.6 Å². The number of carbonyl (C=O) groups is 1. The molecule has 1 atom stereocenters. The highest BCUT2D eigenvalue weighted by Crippen LogP contribution is 2.22. The van der Waals surface area contributed by atoms with Crippen molar-refractivity contribution in [3.8, 4) is 0 Å². The first-order valence-corrected chi connectivity index (χ1v) is 8.41. The van der Waals surface area contributed by atoms with Crippen LogP contribution in [-0.4, -0.2) is 10.8 Å². The van der Waals surface area contributed by atoms with Gasteiger partial charge in [-0.05, 0) is 44.0 Å². The van der Waals surface area contributed by atoms with Gasteiger partial charge in [0, 0.05) is 17.5 Å². The number of nitrogens with one attached hydrogen (secondary N) is 2. The lowest BCUT2D eigenvalue weighted by atomic mass is 10.00. The first kappa shape index (κ1) is 18.3. The smallest absolute Gasteiger partial charge is 0.270 e. The van der Waals surface area contributed by atoms with E-state index in [4.69, 9.17) is 9.83 Å². The first-order valence-electron chi connectivity index (χ1n) is 8.41. The molecule has 3 aromatic rings. The van der Waals surface area contributed by atoms with E-state index in [0.717, 1.165) is 16.7 Å². The lowest BCUT2D eigenvalue weighted by molar-refractivity contribution is -0.384. The van der Waals surface area contributed by atoms with Crippen LogP contribution in [0.1, 0.15) is 40.0 Å². The fourth-order valence-corrected chi connectivity index (χ4v) is 2.99. The lowest BCUT2D eigenvalue weighted by Gasteiger charge is -2.17. The molecule has 0 fully saturated rings. The molecule has 0 aliphatic carbocycles. The predicted octanol–water partition coefficient (Wildman–Crippen LogP) is 3.93. The highest BCUT2D eigenvalue weighted by molar-refractivity contribution is 5.97. The van der Waals surface area contributed by atoms with Crippen LogP contribution in [0.2, 0.25) is 0 Å². The van der Waals surface area contributed by atoms with Gasteiger partial charge < -0.3 is 9.73 Å². The Morgan fingerprint density at radius 3 is 2.63 bits per heavy atom. The SMILES string of the molecule is Cc1ccc(C)c(C(C)NC(=O)c2cc3cc([N+](=O)[O-])ccc3oc2=N)c1. The highest BCUT2D eigenvalue weighted by Gasteiger charge is 2.17. The largest absolute Gasteiger partial charge is 0.438 e. The van der Waals surface area contributed by atoms with Crippen LogP contribution in [0.3, 0.4) is 0 Å². The van der Waals surface area contributed by atoms with Crippen molar-refractivity contribution in [2.24, 2.45) is 0 Å². The van der Waals surface area contributed by atoms with Crippen molar-refractivity contribution in [1.82, 2.24) is 5.32 Å². The average molecular weight is 365 g/mol. The van der Waals surface area contributed by atoms with Crippen LogP contribution >= 0.6 is 0 Å². The van der Waals surface area contributed by atoms with E-state index >= 15 is 0 Å². The third kappa shape index (κ3) is 3.72. The molecular formula is C20H19N3O4. The van der Waals surface area contributed by atoms with Crippen LogP contribution in [0.15, 0.2) is 46.9 Å². The quantitative estimate of drug-likeness (QED) is 0.539. The molecule has 0 aliphatic rings. The second kappa shape index (κ2) is 7.03. The number of amides is 1. The molecule has 0 aliphatic heterocycles. The van der Waals surface area contributed by atoms with E-state index in [2.05, 4.69) is 5.32 Å². The van der Waals surface area contributed by atoms with Gasteiger partial charge in [-0.2, -0.15) is 0 Å². The van der Waals surface area contributed by atoms with Crippen LogP contribution in [0.5, 0.6) is 0 Å². The number of carbonyl (C=O) groups excluding carboxylic acids is 1. The minimum Gasteiger partial charge on any atom is -0.438 e. The van der Waals surface area contributed by atoms with Gasteiger partial charge in [-0.1, -0.05) is 23.8 Å². The van der Waals surface area contributed by atoms with Crippen LogP contribution in [0, 0.1) is 29.4 Å². The fourth-order valence-electron chi connectivity index (χ4n) is 2.99. The van der Waals surface area contributed by atoms with Crippen molar-refractivity contribution in [2.45, 2.75) is 26.8 Å². The monoisotopic (exact) mass is 365 g/mol. The number of fused-ring (bicyclic) bond motifs is 1. The van der Waals surface area contributed by atoms with E-state index in [-0.39, 0.29) is 22.8 Å². The number of hydrogen-bond acceptors (Lipinski definition) is 5. The predicted molar refractivity (Wildman–Crippen MR) is 101 cm³/mol. The molecule has 27 heavy (non-hydrogen) atoms. The normalized spacial score (nSPS) is 12.0. The summed E-state index contributed by atoms with van der Waals surface area (Å²) >= 11 is 0. The highest BCUT2D eigenvalue weighted by atomic mass is 16.6. The van der Waals surface area contributed by atoms with Crippen LogP contribution < -0.4 is 10.9 Å². The Bertz CT molecular complexity index is 1120. The molecule has 2 aromatic carbocycles. The van der Waals surface area contributed by atoms with Crippen molar-refractivity contribution < 1.29 is 14.1 Å². The van der Waals surface area contributed by atoms with E-state index in [1.165, 1.54) is 24.3 Å². The molecule has 1 unspecified atom stereocenters. The summed E-state index contributed by atoms with van der Waals surface area (Å²) in [4.78, 5) is 23.1. The Hall–Kier alpha value is -3.48. The number of nitro benzene ring substituents is 1. The number of aryl methyl sites for hydroxylation is 2. The summed E-state index contributed by atoms with van der Waals surface area (Å²) in [6, 6.07) is 11.2. The number of hydrogen-bond donors (Lipinski definition) is 2. The summed E-state index contributed by atoms with van der Waals surface area (Å²) < 4.78 is 5.36. The summed E-state index contributed by atoms with van der Waals surface area (Å²) in [6.07, 6.45) is 0. The van der Waals surface area contributed by atoms with Gasteiger partial charge in [0.25, 0.3) is 11.6 Å². The zero-order valence-electron chi connectivity index (χ0n) is 15.2. The number of non-ortho nitro benzene ring substituents is 1. The van der Waals surface area contributed by atoms with Gasteiger partial charge in [0.05, 0.1) is 11.0 Å². The van der Waals surface area contributed by atoms with Crippen LogP contribution in [-0.2, 0) is 0 Å². The summed E-state index contributed by atoms with van der Waals surface area (Å²) in [5.74, 6) is -0.467. The molecule has 0 radical (unpaired) electrons. The molecule has 1 heterocycles. The fraction of sp³-hybridized carbons (Fsp3) is 0.200. The first-order chi connectivity index (χ1) is 12.8. The summed E-state index contributed by atoms with van der Waals surface area (Å²) in [5.41, 5.74) is 3.07. The molecular weight excluding hydrogens is 346 g/mol. The standard InChI is InChI=1S/C20H19N3O4/c1-11-4-5-12(2)16(8-11)13(3)22-20(24)17-10-14-9-15(23(25)26)6-7-18(14)27-19(17)21/h4-10,13,21H,1-3H3,(H,22,24). The van der Waals surface area contributed by atoms with Crippen LogP contribution in [0.25, 0.3) is 11.0 Å². The van der Waals surface area contributed by atoms with Crippen LogP contribution in [0.4, 0.5) is 5.69 Å². The lowest BCUT2D eigenvalue weighted by Crippen LogP contribution is -2.31. The summed E-state index contributed by atoms with van der Waals surface area (Å²) in [7, 11) is 0. The van der Waals surface area contributed by atoms with Gasteiger partial charge >= 0.3 is 0 Å². The number of benzene rings is 2. The van der Waals surface area contributed by atoms with Gasteiger partial charge in [0.15, 0.2) is 0 Å². The molecule has 2 N–H and O–H groups in total. The number of rotatable bonds is 4. The van der Waals surface area contributed by atoms with Gasteiger partial charge in [-0.25, -0.2) is 0 Å². The molecule has 7 heteroatoms. The minimum absolute atomic E-state index is 0.0279. The average Bonchev–Trinajstić information content (AvgIpc) is 2.62. The van der Waals surface area contributed by atoms with E-state index in [0.29, 0.717) is 11.0 Å². The molecule has 0 spiro atoms. The summed E-state index contributed by atoms with van der Waals surface area (Å²) in [5, 5.41) is 22.2. The van der Waals surface area contributed by atoms with E-state index in [1.807, 2.05) is 39.0 Å². The molecule has 0 saturated heterocycles. The number of nitrogens with zero attached hydrogens (tertiary/aromatic N) is 1.